The van der Waals surface area contributed by atoms with Crippen LogP contribution in [0.1, 0.15) is 16.8 Å². The van der Waals surface area contributed by atoms with Crippen molar-refractivity contribution in [2.75, 3.05) is 0 Å². The predicted molar refractivity (Wildman–Crippen MR) is 87.8 cm³/mol. The maximum absolute atomic E-state index is 13.3. The van der Waals surface area contributed by atoms with E-state index in [9.17, 15) is 13.2 Å². The molecule has 3 aromatic rings. The summed E-state index contributed by atoms with van der Waals surface area (Å²) in [5.74, 6) is 0.518. The minimum Gasteiger partial charge on any atom is -0.487 e. The lowest BCUT2D eigenvalue weighted by Crippen LogP contribution is -2.08. The van der Waals surface area contributed by atoms with Gasteiger partial charge in [0.15, 0.2) is 0 Å². The van der Waals surface area contributed by atoms with Gasteiger partial charge >= 0.3 is 6.18 Å². The summed E-state index contributed by atoms with van der Waals surface area (Å²) in [6, 6.07) is 12.9. The average Bonchev–Trinajstić information content (AvgIpc) is 3.08. The first-order valence-corrected chi connectivity index (χ1v) is 7.44. The molecule has 1 aromatic heterocycles. The molecule has 0 aliphatic rings. The quantitative estimate of drug-likeness (QED) is 0.605. The molecule has 0 saturated carbocycles. The van der Waals surface area contributed by atoms with E-state index in [0.29, 0.717) is 17.0 Å². The van der Waals surface area contributed by atoms with Gasteiger partial charge in [-0.15, -0.1) is 0 Å². The van der Waals surface area contributed by atoms with Gasteiger partial charge in [0.05, 0.1) is 11.1 Å². The molecular formula is C19H14F3NO2. The lowest BCUT2D eigenvalue weighted by atomic mass is 10.0. The number of alkyl halides is 3. The molecular weight excluding hydrogens is 331 g/mol. The Morgan fingerprint density at radius 2 is 1.84 bits per heavy atom. The van der Waals surface area contributed by atoms with Crippen molar-refractivity contribution in [2.45, 2.75) is 12.8 Å². The maximum atomic E-state index is 13.3. The van der Waals surface area contributed by atoms with E-state index in [2.05, 4.69) is 11.6 Å². The highest BCUT2D eigenvalue weighted by atomic mass is 19.4. The van der Waals surface area contributed by atoms with Crippen molar-refractivity contribution in [1.82, 2.24) is 4.98 Å². The van der Waals surface area contributed by atoms with Gasteiger partial charge in [-0.05, 0) is 23.8 Å². The predicted octanol–water partition coefficient (Wildman–Crippen LogP) is 5.58. The second kappa shape index (κ2) is 6.84. The molecule has 0 atom stereocenters. The van der Waals surface area contributed by atoms with Crippen LogP contribution in [-0.2, 0) is 12.8 Å². The zero-order chi connectivity index (χ0) is 17.9. The van der Waals surface area contributed by atoms with E-state index in [4.69, 9.17) is 9.15 Å². The van der Waals surface area contributed by atoms with Gasteiger partial charge < -0.3 is 9.15 Å². The molecule has 0 saturated heterocycles. The maximum Gasteiger partial charge on any atom is 0.417 e. The third-order valence-corrected chi connectivity index (χ3v) is 3.52. The molecule has 0 N–H and O–H groups in total. The minimum atomic E-state index is -4.52. The van der Waals surface area contributed by atoms with Crippen LogP contribution in [0.15, 0.2) is 65.8 Å². The molecule has 0 fully saturated rings. The minimum absolute atomic E-state index is 0.0884. The van der Waals surface area contributed by atoms with Crippen molar-refractivity contribution in [2.24, 2.45) is 0 Å². The van der Waals surface area contributed by atoms with Gasteiger partial charge in [-0.3, -0.25) is 0 Å². The Morgan fingerprint density at radius 1 is 1.08 bits per heavy atom. The number of hydrogen-bond donors (Lipinski definition) is 0. The molecule has 1 heterocycles. The molecule has 0 amide bonds. The normalized spacial score (nSPS) is 11.3. The van der Waals surface area contributed by atoms with Crippen molar-refractivity contribution >= 4 is 6.08 Å². The molecule has 6 heteroatoms. The smallest absolute Gasteiger partial charge is 0.417 e. The molecule has 0 radical (unpaired) electrons. The van der Waals surface area contributed by atoms with Crippen molar-refractivity contribution < 1.29 is 22.3 Å². The first-order chi connectivity index (χ1) is 12.0. The van der Waals surface area contributed by atoms with Crippen LogP contribution >= 0.6 is 0 Å². The van der Waals surface area contributed by atoms with Gasteiger partial charge in [-0.2, -0.15) is 13.2 Å². The standard InChI is InChI=1S/C19H14F3NO2/c1-2-13-7-6-10-16(19(20,21)22)17(13)18-23-14(12-25-18)11-24-15-8-4-3-5-9-15/h2-10,12H,1,11H2. The molecule has 0 unspecified atom stereocenters. The number of rotatable bonds is 5. The van der Waals surface area contributed by atoms with Gasteiger partial charge in [-0.25, -0.2) is 4.98 Å². The Labute approximate surface area is 142 Å². The second-order valence-electron chi connectivity index (χ2n) is 5.22. The molecule has 0 aliphatic heterocycles. The van der Waals surface area contributed by atoms with Gasteiger partial charge in [0.25, 0.3) is 0 Å². The van der Waals surface area contributed by atoms with Crippen LogP contribution in [0.3, 0.4) is 0 Å². The fourth-order valence-electron chi connectivity index (χ4n) is 2.38. The van der Waals surface area contributed by atoms with Gasteiger partial charge in [0, 0.05) is 0 Å². The van der Waals surface area contributed by atoms with Crippen LogP contribution in [0.2, 0.25) is 0 Å². The van der Waals surface area contributed by atoms with Crippen molar-refractivity contribution in [3.05, 3.63) is 78.2 Å². The lowest BCUT2D eigenvalue weighted by Gasteiger charge is -2.12. The molecule has 2 aromatic carbocycles. The van der Waals surface area contributed by atoms with Crippen molar-refractivity contribution in [1.29, 1.82) is 0 Å². The molecule has 0 spiro atoms. The Morgan fingerprint density at radius 3 is 2.52 bits per heavy atom. The second-order valence-corrected chi connectivity index (χ2v) is 5.22. The number of hydrogen-bond acceptors (Lipinski definition) is 3. The number of oxazole rings is 1. The van der Waals surface area contributed by atoms with E-state index in [-0.39, 0.29) is 18.1 Å². The number of para-hydroxylation sites is 1. The highest BCUT2D eigenvalue weighted by Crippen LogP contribution is 2.39. The first kappa shape index (κ1) is 16.8. The number of benzene rings is 2. The fourth-order valence-corrected chi connectivity index (χ4v) is 2.38. The van der Waals surface area contributed by atoms with Gasteiger partial charge in [0.1, 0.15) is 24.3 Å². The van der Waals surface area contributed by atoms with E-state index in [1.165, 1.54) is 24.5 Å². The van der Waals surface area contributed by atoms with E-state index < -0.39 is 11.7 Å². The zero-order valence-corrected chi connectivity index (χ0v) is 13.1. The summed E-state index contributed by atoms with van der Waals surface area (Å²) in [5, 5.41) is 0. The van der Waals surface area contributed by atoms with E-state index in [1.807, 2.05) is 18.2 Å². The van der Waals surface area contributed by atoms with Crippen LogP contribution in [0.4, 0.5) is 13.2 Å². The molecule has 3 nitrogen and oxygen atoms in total. The van der Waals surface area contributed by atoms with Crippen LogP contribution in [0.25, 0.3) is 17.5 Å². The third-order valence-electron chi connectivity index (χ3n) is 3.52. The molecule has 128 valence electrons. The molecule has 3 rings (SSSR count). The summed E-state index contributed by atoms with van der Waals surface area (Å²) in [7, 11) is 0. The largest absolute Gasteiger partial charge is 0.487 e. The summed E-state index contributed by atoms with van der Waals surface area (Å²) in [5.41, 5.74) is -0.253. The monoisotopic (exact) mass is 345 g/mol. The number of aromatic nitrogens is 1. The van der Waals surface area contributed by atoms with Crippen LogP contribution < -0.4 is 4.74 Å². The highest BCUT2D eigenvalue weighted by molar-refractivity contribution is 5.73. The SMILES string of the molecule is C=Cc1cccc(C(F)(F)F)c1-c1nc(COc2ccccc2)co1. The van der Waals surface area contributed by atoms with Gasteiger partial charge in [0.2, 0.25) is 5.89 Å². The Hall–Kier alpha value is -3.02. The number of nitrogens with zero attached hydrogens (tertiary/aromatic N) is 1. The van der Waals surface area contributed by atoms with Crippen molar-refractivity contribution in [3.63, 3.8) is 0 Å². The summed E-state index contributed by atoms with van der Waals surface area (Å²) in [6.45, 7) is 3.65. The van der Waals surface area contributed by atoms with E-state index >= 15 is 0 Å². The third kappa shape index (κ3) is 3.74. The molecule has 25 heavy (non-hydrogen) atoms. The summed E-state index contributed by atoms with van der Waals surface area (Å²) >= 11 is 0. The Bertz CT molecular complexity index is 870. The van der Waals surface area contributed by atoms with E-state index in [1.54, 1.807) is 12.1 Å². The summed E-state index contributed by atoms with van der Waals surface area (Å²) < 4.78 is 50.7. The fraction of sp³-hybridized carbons (Fsp3) is 0.105. The summed E-state index contributed by atoms with van der Waals surface area (Å²) in [6.07, 6.45) is -1.89. The zero-order valence-electron chi connectivity index (χ0n) is 13.1. The van der Waals surface area contributed by atoms with Crippen LogP contribution in [-0.4, -0.2) is 4.98 Å². The first-order valence-electron chi connectivity index (χ1n) is 7.44. The molecule has 0 aliphatic carbocycles. The lowest BCUT2D eigenvalue weighted by molar-refractivity contribution is -0.137. The number of ether oxygens (including phenoxy) is 1. The topological polar surface area (TPSA) is 35.3 Å². The highest BCUT2D eigenvalue weighted by Gasteiger charge is 2.35. The van der Waals surface area contributed by atoms with Crippen LogP contribution in [0, 0.1) is 0 Å². The average molecular weight is 345 g/mol. The number of halogens is 3. The van der Waals surface area contributed by atoms with Gasteiger partial charge in [-0.1, -0.05) is 43.0 Å². The molecule has 0 bridgehead atoms. The van der Waals surface area contributed by atoms with Crippen molar-refractivity contribution in [3.8, 4) is 17.2 Å². The summed E-state index contributed by atoms with van der Waals surface area (Å²) in [4.78, 5) is 4.14. The van der Waals surface area contributed by atoms with E-state index in [0.717, 1.165) is 6.07 Å². The Balaban J connectivity index is 1.91. The van der Waals surface area contributed by atoms with Crippen LogP contribution in [0.5, 0.6) is 5.75 Å². The Kier molecular flexibility index (Phi) is 4.61.